The lowest BCUT2D eigenvalue weighted by Crippen LogP contribution is -1.94. The SMILES string of the molecule is O=C(O)c1cccnc1.Oc1ccccc1. The molecule has 0 aliphatic rings. The van der Waals surface area contributed by atoms with E-state index in [1.54, 1.807) is 30.3 Å². The average Bonchev–Trinajstić information content (AvgIpc) is 2.32. The van der Waals surface area contributed by atoms with Crippen LogP contribution < -0.4 is 0 Å². The van der Waals surface area contributed by atoms with E-state index >= 15 is 0 Å². The Morgan fingerprint density at radius 3 is 2.06 bits per heavy atom. The number of hydrogen-bond acceptors (Lipinski definition) is 3. The highest BCUT2D eigenvalue weighted by atomic mass is 16.4. The van der Waals surface area contributed by atoms with E-state index in [0.29, 0.717) is 5.75 Å². The van der Waals surface area contributed by atoms with Gasteiger partial charge in [-0.3, -0.25) is 4.98 Å². The third-order valence-electron chi connectivity index (χ3n) is 1.66. The van der Waals surface area contributed by atoms with Crippen LogP contribution in [0.3, 0.4) is 0 Å². The van der Waals surface area contributed by atoms with Gasteiger partial charge in [-0.05, 0) is 24.3 Å². The molecule has 0 aliphatic heterocycles. The van der Waals surface area contributed by atoms with Crippen LogP contribution in [0.1, 0.15) is 10.4 Å². The minimum absolute atomic E-state index is 0.220. The van der Waals surface area contributed by atoms with E-state index in [0.717, 1.165) is 0 Å². The molecule has 1 aromatic heterocycles. The fourth-order valence-corrected chi connectivity index (χ4v) is 0.917. The third kappa shape index (κ3) is 4.23. The smallest absolute Gasteiger partial charge is 0.337 e. The summed E-state index contributed by atoms with van der Waals surface area (Å²) in [7, 11) is 0. The van der Waals surface area contributed by atoms with Crippen molar-refractivity contribution in [3.63, 3.8) is 0 Å². The number of rotatable bonds is 1. The number of aromatic nitrogens is 1. The summed E-state index contributed by atoms with van der Waals surface area (Å²) >= 11 is 0. The molecule has 0 atom stereocenters. The molecule has 0 aliphatic carbocycles. The summed E-state index contributed by atoms with van der Waals surface area (Å²) in [4.78, 5) is 13.8. The number of phenols is 1. The molecule has 16 heavy (non-hydrogen) atoms. The predicted octanol–water partition coefficient (Wildman–Crippen LogP) is 2.17. The Balaban J connectivity index is 0.000000165. The number of hydrogen-bond donors (Lipinski definition) is 2. The molecule has 0 fully saturated rings. The summed E-state index contributed by atoms with van der Waals surface area (Å²) < 4.78 is 0. The van der Waals surface area contributed by atoms with E-state index in [1.165, 1.54) is 18.5 Å². The molecule has 2 aromatic rings. The van der Waals surface area contributed by atoms with Crippen LogP contribution in [0.15, 0.2) is 54.9 Å². The van der Waals surface area contributed by atoms with Gasteiger partial charge in [0.1, 0.15) is 5.75 Å². The maximum Gasteiger partial charge on any atom is 0.337 e. The lowest BCUT2D eigenvalue weighted by Gasteiger charge is -1.87. The highest BCUT2D eigenvalue weighted by Gasteiger charge is 1.97. The van der Waals surface area contributed by atoms with E-state index in [4.69, 9.17) is 10.2 Å². The van der Waals surface area contributed by atoms with Gasteiger partial charge in [0.25, 0.3) is 0 Å². The second-order valence-electron chi connectivity index (χ2n) is 2.88. The van der Waals surface area contributed by atoms with E-state index in [2.05, 4.69) is 4.98 Å². The topological polar surface area (TPSA) is 70.4 Å². The van der Waals surface area contributed by atoms with Gasteiger partial charge < -0.3 is 10.2 Å². The van der Waals surface area contributed by atoms with Crippen molar-refractivity contribution >= 4 is 5.97 Å². The number of aromatic carboxylic acids is 1. The van der Waals surface area contributed by atoms with E-state index < -0.39 is 5.97 Å². The molecule has 0 saturated heterocycles. The first-order chi connectivity index (χ1) is 7.70. The summed E-state index contributed by atoms with van der Waals surface area (Å²) in [6, 6.07) is 11.8. The number of benzene rings is 1. The van der Waals surface area contributed by atoms with Crippen LogP contribution in [-0.2, 0) is 0 Å². The Kier molecular flexibility index (Phi) is 4.53. The second-order valence-corrected chi connectivity index (χ2v) is 2.88. The number of nitrogens with zero attached hydrogens (tertiary/aromatic N) is 1. The number of aromatic hydroxyl groups is 1. The Morgan fingerprint density at radius 1 is 1.06 bits per heavy atom. The molecule has 0 unspecified atom stereocenters. The summed E-state index contributed by atoms with van der Waals surface area (Å²) in [5.74, 6) is -0.620. The minimum Gasteiger partial charge on any atom is -0.508 e. The highest BCUT2D eigenvalue weighted by molar-refractivity contribution is 5.86. The van der Waals surface area contributed by atoms with Crippen LogP contribution in [0.5, 0.6) is 5.75 Å². The van der Waals surface area contributed by atoms with Gasteiger partial charge in [0, 0.05) is 12.4 Å². The second kappa shape index (κ2) is 6.19. The van der Waals surface area contributed by atoms with Crippen molar-refractivity contribution in [1.29, 1.82) is 0 Å². The number of carboxylic acids is 1. The zero-order valence-electron chi connectivity index (χ0n) is 8.45. The van der Waals surface area contributed by atoms with Crippen molar-refractivity contribution in [3.05, 3.63) is 60.4 Å². The minimum atomic E-state index is -0.942. The first-order valence-electron chi connectivity index (χ1n) is 4.57. The molecule has 4 heteroatoms. The van der Waals surface area contributed by atoms with E-state index in [1.807, 2.05) is 6.07 Å². The van der Waals surface area contributed by atoms with Gasteiger partial charge in [-0.25, -0.2) is 4.79 Å². The van der Waals surface area contributed by atoms with Crippen molar-refractivity contribution < 1.29 is 15.0 Å². The van der Waals surface area contributed by atoms with Gasteiger partial charge in [0.15, 0.2) is 0 Å². The first-order valence-corrected chi connectivity index (χ1v) is 4.57. The van der Waals surface area contributed by atoms with Crippen LogP contribution >= 0.6 is 0 Å². The Morgan fingerprint density at radius 2 is 1.75 bits per heavy atom. The van der Waals surface area contributed by atoms with E-state index in [9.17, 15) is 4.79 Å². The molecule has 4 nitrogen and oxygen atoms in total. The lowest BCUT2D eigenvalue weighted by molar-refractivity contribution is 0.0696. The highest BCUT2D eigenvalue weighted by Crippen LogP contribution is 2.02. The van der Waals surface area contributed by atoms with Crippen LogP contribution in [0, 0.1) is 0 Å². The van der Waals surface area contributed by atoms with Crippen LogP contribution in [0.25, 0.3) is 0 Å². The monoisotopic (exact) mass is 217 g/mol. The molecule has 82 valence electrons. The van der Waals surface area contributed by atoms with E-state index in [-0.39, 0.29) is 5.56 Å². The standard InChI is InChI=1S/C6H5NO2.C6H6O/c8-6(9)5-2-1-3-7-4-5;7-6-4-2-1-3-5-6/h1-4H,(H,8,9);1-5,7H. The molecule has 0 bridgehead atoms. The Hall–Kier alpha value is -2.36. The Labute approximate surface area is 92.8 Å². The van der Waals surface area contributed by atoms with Gasteiger partial charge in [-0.1, -0.05) is 18.2 Å². The number of para-hydroxylation sites is 1. The van der Waals surface area contributed by atoms with Crippen molar-refractivity contribution in [2.24, 2.45) is 0 Å². The third-order valence-corrected chi connectivity index (χ3v) is 1.66. The predicted molar refractivity (Wildman–Crippen MR) is 59.3 cm³/mol. The fraction of sp³-hybridized carbons (Fsp3) is 0. The zero-order chi connectivity index (χ0) is 11.8. The molecular weight excluding hydrogens is 206 g/mol. The molecule has 0 spiro atoms. The van der Waals surface area contributed by atoms with Gasteiger partial charge in [-0.15, -0.1) is 0 Å². The number of phenolic OH excluding ortho intramolecular Hbond substituents is 1. The number of pyridine rings is 1. The van der Waals surface area contributed by atoms with Crippen molar-refractivity contribution in [2.45, 2.75) is 0 Å². The largest absolute Gasteiger partial charge is 0.508 e. The van der Waals surface area contributed by atoms with Crippen molar-refractivity contribution in [1.82, 2.24) is 4.98 Å². The first kappa shape index (κ1) is 11.7. The summed E-state index contributed by atoms with van der Waals surface area (Å²) in [6.07, 6.45) is 2.84. The van der Waals surface area contributed by atoms with Gasteiger partial charge in [-0.2, -0.15) is 0 Å². The van der Waals surface area contributed by atoms with Gasteiger partial charge in [0.05, 0.1) is 5.56 Å². The molecular formula is C12H11NO3. The summed E-state index contributed by atoms with van der Waals surface area (Å²) in [6.45, 7) is 0. The molecule has 1 aromatic carbocycles. The van der Waals surface area contributed by atoms with Crippen LogP contribution in [0.2, 0.25) is 0 Å². The Bertz CT molecular complexity index is 429. The van der Waals surface area contributed by atoms with Crippen LogP contribution in [-0.4, -0.2) is 21.2 Å². The average molecular weight is 217 g/mol. The molecule has 0 amide bonds. The maximum atomic E-state index is 10.2. The van der Waals surface area contributed by atoms with Gasteiger partial charge >= 0.3 is 5.97 Å². The quantitative estimate of drug-likeness (QED) is 0.768. The number of carbonyl (C=O) groups is 1. The van der Waals surface area contributed by atoms with Crippen LogP contribution in [0.4, 0.5) is 0 Å². The van der Waals surface area contributed by atoms with Crippen molar-refractivity contribution in [3.8, 4) is 5.75 Å². The fourth-order valence-electron chi connectivity index (χ4n) is 0.917. The summed E-state index contributed by atoms with van der Waals surface area (Å²) in [5.41, 5.74) is 0.220. The molecule has 2 N–H and O–H groups in total. The lowest BCUT2D eigenvalue weighted by atomic mass is 10.3. The zero-order valence-corrected chi connectivity index (χ0v) is 8.45. The maximum absolute atomic E-state index is 10.2. The molecule has 2 rings (SSSR count). The number of carboxylic acid groups (broad SMARTS) is 1. The molecule has 1 heterocycles. The normalized spacial score (nSPS) is 8.75. The molecule has 0 saturated carbocycles. The summed E-state index contributed by atoms with van der Waals surface area (Å²) in [5, 5.41) is 17.0. The molecule has 0 radical (unpaired) electrons. The van der Waals surface area contributed by atoms with Crippen molar-refractivity contribution in [2.75, 3.05) is 0 Å². The van der Waals surface area contributed by atoms with Gasteiger partial charge in [0.2, 0.25) is 0 Å².